The molecule has 0 atom stereocenters. The van der Waals surface area contributed by atoms with Crippen LogP contribution in [0.3, 0.4) is 0 Å². The first-order valence-electron chi connectivity index (χ1n) is 3.90. The first-order valence-corrected chi connectivity index (χ1v) is 8.72. The van der Waals surface area contributed by atoms with Crippen molar-refractivity contribution in [3.05, 3.63) is 0 Å². The van der Waals surface area contributed by atoms with Crippen molar-refractivity contribution < 1.29 is 18.1 Å². The van der Waals surface area contributed by atoms with Crippen molar-refractivity contribution in [3.63, 3.8) is 0 Å². The van der Waals surface area contributed by atoms with E-state index in [1.807, 2.05) is 0 Å². The zero-order valence-corrected chi connectivity index (χ0v) is 13.1. The second-order valence-corrected chi connectivity index (χ2v) is 6.06. The SMILES string of the molecule is O=P(OCCBr)(OCCBr)OCCBr. The number of alkyl halides is 3. The summed E-state index contributed by atoms with van der Waals surface area (Å²) in [5.41, 5.74) is 0. The van der Waals surface area contributed by atoms with Crippen LogP contribution in [0.1, 0.15) is 0 Å². The Morgan fingerprint density at radius 3 is 1.29 bits per heavy atom. The van der Waals surface area contributed by atoms with E-state index >= 15 is 0 Å². The maximum atomic E-state index is 11.8. The maximum absolute atomic E-state index is 11.8. The molecule has 0 unspecified atom stereocenters. The number of rotatable bonds is 9. The van der Waals surface area contributed by atoms with Crippen molar-refractivity contribution in [1.29, 1.82) is 0 Å². The average molecular weight is 419 g/mol. The number of phosphoric acid groups is 1. The number of halogens is 3. The molecule has 0 aromatic carbocycles. The lowest BCUT2D eigenvalue weighted by Crippen LogP contribution is -2.05. The summed E-state index contributed by atoms with van der Waals surface area (Å²) in [5, 5.41) is 1.77. The fraction of sp³-hybridized carbons (Fsp3) is 1.00. The zero-order chi connectivity index (χ0) is 10.9. The number of hydrogen-bond acceptors (Lipinski definition) is 4. The van der Waals surface area contributed by atoms with Crippen LogP contribution < -0.4 is 0 Å². The monoisotopic (exact) mass is 416 g/mol. The standard InChI is InChI=1S/C6H12Br3O4P/c7-1-4-11-14(10,12-5-2-8)13-6-3-9/h1-6H2. The van der Waals surface area contributed by atoms with E-state index in [-0.39, 0.29) is 0 Å². The lowest BCUT2D eigenvalue weighted by atomic mass is 10.9. The van der Waals surface area contributed by atoms with Crippen LogP contribution in [-0.2, 0) is 18.1 Å². The summed E-state index contributed by atoms with van der Waals surface area (Å²) in [5.74, 6) is 0. The van der Waals surface area contributed by atoms with Crippen molar-refractivity contribution >= 4 is 55.6 Å². The Kier molecular flexibility index (Phi) is 10.8. The van der Waals surface area contributed by atoms with Crippen molar-refractivity contribution in [2.75, 3.05) is 35.8 Å². The molecule has 0 spiro atoms. The first-order chi connectivity index (χ1) is 6.68. The van der Waals surface area contributed by atoms with Crippen LogP contribution in [0.2, 0.25) is 0 Å². The van der Waals surface area contributed by atoms with Gasteiger partial charge in [-0.1, -0.05) is 47.8 Å². The molecule has 0 heterocycles. The molecule has 0 saturated heterocycles. The van der Waals surface area contributed by atoms with E-state index in [4.69, 9.17) is 13.6 Å². The van der Waals surface area contributed by atoms with Gasteiger partial charge in [-0.3, -0.25) is 13.6 Å². The third-order valence-corrected chi connectivity index (χ3v) is 3.45. The second-order valence-electron chi connectivity index (χ2n) is 2.01. The minimum Gasteiger partial charge on any atom is -0.286 e. The van der Waals surface area contributed by atoms with Gasteiger partial charge >= 0.3 is 7.82 Å². The van der Waals surface area contributed by atoms with Gasteiger partial charge in [-0.05, 0) is 0 Å². The fourth-order valence-electron chi connectivity index (χ4n) is 0.551. The predicted molar refractivity (Wildman–Crippen MR) is 66.8 cm³/mol. The molecule has 0 rings (SSSR count). The van der Waals surface area contributed by atoms with Crippen LogP contribution in [0, 0.1) is 0 Å². The van der Waals surface area contributed by atoms with Crippen molar-refractivity contribution in [2.45, 2.75) is 0 Å². The van der Waals surface area contributed by atoms with E-state index < -0.39 is 7.82 Å². The summed E-state index contributed by atoms with van der Waals surface area (Å²) >= 11 is 9.49. The molecule has 4 nitrogen and oxygen atoms in total. The molecule has 0 aromatic rings. The van der Waals surface area contributed by atoms with Gasteiger partial charge < -0.3 is 0 Å². The Bertz CT molecular complexity index is 152. The van der Waals surface area contributed by atoms with Crippen LogP contribution in [0.25, 0.3) is 0 Å². The summed E-state index contributed by atoms with van der Waals surface area (Å²) in [4.78, 5) is 0. The molecule has 0 bridgehead atoms. The smallest absolute Gasteiger partial charge is 0.286 e. The zero-order valence-electron chi connectivity index (χ0n) is 7.46. The van der Waals surface area contributed by atoms with Gasteiger partial charge in [-0.15, -0.1) is 0 Å². The molecule has 0 N–H and O–H groups in total. The first kappa shape index (κ1) is 15.6. The van der Waals surface area contributed by atoms with Gasteiger partial charge in [0.05, 0.1) is 19.8 Å². The highest BCUT2D eigenvalue weighted by atomic mass is 79.9. The van der Waals surface area contributed by atoms with E-state index in [0.29, 0.717) is 35.8 Å². The lowest BCUT2D eigenvalue weighted by molar-refractivity contribution is 0.129. The van der Waals surface area contributed by atoms with Crippen LogP contribution in [0.15, 0.2) is 0 Å². The van der Waals surface area contributed by atoms with Crippen LogP contribution in [0.4, 0.5) is 0 Å². The molecule has 0 amide bonds. The van der Waals surface area contributed by atoms with Crippen molar-refractivity contribution in [3.8, 4) is 0 Å². The third-order valence-electron chi connectivity index (χ3n) is 0.980. The molecule has 0 fully saturated rings. The Labute approximate surface area is 109 Å². The van der Waals surface area contributed by atoms with Gasteiger partial charge in [0.1, 0.15) is 0 Å². The number of phosphoric ester groups is 1. The van der Waals surface area contributed by atoms with Gasteiger partial charge in [0.15, 0.2) is 0 Å². The molecule has 86 valence electrons. The van der Waals surface area contributed by atoms with Gasteiger partial charge in [0.25, 0.3) is 0 Å². The lowest BCUT2D eigenvalue weighted by Gasteiger charge is -2.16. The highest BCUT2D eigenvalue weighted by molar-refractivity contribution is 9.09. The molecule has 14 heavy (non-hydrogen) atoms. The average Bonchev–Trinajstić information content (AvgIpc) is 2.21. The Morgan fingerprint density at radius 2 is 1.07 bits per heavy atom. The van der Waals surface area contributed by atoms with E-state index in [1.54, 1.807) is 0 Å². The van der Waals surface area contributed by atoms with Crippen molar-refractivity contribution in [2.24, 2.45) is 0 Å². The largest absolute Gasteiger partial charge is 0.474 e. The molecule has 0 saturated carbocycles. The summed E-state index contributed by atoms with van der Waals surface area (Å²) in [7, 11) is -3.36. The quantitative estimate of drug-likeness (QED) is 0.425. The summed E-state index contributed by atoms with van der Waals surface area (Å²) in [6.07, 6.45) is 0. The molecular weight excluding hydrogens is 407 g/mol. The molecule has 0 radical (unpaired) electrons. The minimum absolute atomic E-state index is 0.294. The summed E-state index contributed by atoms with van der Waals surface area (Å²) in [6.45, 7) is 0.881. The van der Waals surface area contributed by atoms with Crippen molar-refractivity contribution in [1.82, 2.24) is 0 Å². The topological polar surface area (TPSA) is 44.8 Å². The van der Waals surface area contributed by atoms with Gasteiger partial charge in [-0.2, -0.15) is 0 Å². The van der Waals surface area contributed by atoms with E-state index in [9.17, 15) is 4.57 Å². The van der Waals surface area contributed by atoms with Crippen LogP contribution >= 0.6 is 55.6 Å². The van der Waals surface area contributed by atoms with E-state index in [0.717, 1.165) is 0 Å². The Morgan fingerprint density at radius 1 is 0.786 bits per heavy atom. The second kappa shape index (κ2) is 9.75. The summed E-state index contributed by atoms with van der Waals surface area (Å²) in [6, 6.07) is 0. The van der Waals surface area contributed by atoms with Crippen LogP contribution in [0.5, 0.6) is 0 Å². The molecule has 0 aromatic heterocycles. The highest BCUT2D eigenvalue weighted by Gasteiger charge is 2.25. The van der Waals surface area contributed by atoms with Gasteiger partial charge in [-0.25, -0.2) is 4.57 Å². The molecule has 0 aliphatic heterocycles. The maximum Gasteiger partial charge on any atom is 0.474 e. The molecule has 0 aliphatic rings. The Hall–Kier alpha value is 1.55. The van der Waals surface area contributed by atoms with Gasteiger partial charge in [0.2, 0.25) is 0 Å². The normalized spacial score (nSPS) is 11.9. The molecule has 0 aliphatic carbocycles. The van der Waals surface area contributed by atoms with Gasteiger partial charge in [0, 0.05) is 16.0 Å². The Balaban J connectivity index is 3.97. The van der Waals surface area contributed by atoms with E-state index in [1.165, 1.54) is 0 Å². The third kappa shape index (κ3) is 7.79. The van der Waals surface area contributed by atoms with Crippen LogP contribution in [-0.4, -0.2) is 35.8 Å². The fourth-order valence-corrected chi connectivity index (χ4v) is 2.96. The predicted octanol–water partition coefficient (Wildman–Crippen LogP) is 3.33. The minimum atomic E-state index is -3.36. The molecular formula is C6H12Br3O4P. The molecule has 8 heteroatoms. The number of hydrogen-bond donors (Lipinski definition) is 0. The van der Waals surface area contributed by atoms with E-state index in [2.05, 4.69) is 47.8 Å². The highest BCUT2D eigenvalue weighted by Crippen LogP contribution is 2.49. The summed E-state index contributed by atoms with van der Waals surface area (Å²) < 4.78 is 26.8.